The van der Waals surface area contributed by atoms with Crippen LogP contribution in [0.1, 0.15) is 22.7 Å². The summed E-state index contributed by atoms with van der Waals surface area (Å²) in [6.07, 6.45) is 0.688. The van der Waals surface area contributed by atoms with Crippen LogP contribution in [0, 0.1) is 11.3 Å². The lowest BCUT2D eigenvalue weighted by Crippen LogP contribution is -2.51. The molecule has 4 rings (SSSR count). The van der Waals surface area contributed by atoms with Crippen molar-refractivity contribution in [2.45, 2.75) is 17.4 Å². The lowest BCUT2D eigenvalue weighted by atomic mass is 9.99. The van der Waals surface area contributed by atoms with E-state index in [1.807, 2.05) is 59.5 Å². The number of carbonyl (C=O) groups excluding carboxylic acids is 1. The second kappa shape index (κ2) is 11.3. The Kier molecular flexibility index (Phi) is 7.93. The zero-order chi connectivity index (χ0) is 24.7. The fourth-order valence-corrected chi connectivity index (χ4v) is 5.63. The molecule has 1 heterocycles. The number of benzene rings is 3. The number of nitrogens with zero attached hydrogens (tertiary/aromatic N) is 3. The molecule has 1 amide bonds. The van der Waals surface area contributed by atoms with Crippen molar-refractivity contribution < 1.29 is 13.2 Å². The molecular weight excluding hydrogens is 460 g/mol. The predicted molar refractivity (Wildman–Crippen MR) is 134 cm³/mol. The fourth-order valence-electron chi connectivity index (χ4n) is 4.21. The summed E-state index contributed by atoms with van der Waals surface area (Å²) >= 11 is 0. The van der Waals surface area contributed by atoms with Crippen LogP contribution in [-0.2, 0) is 21.2 Å². The van der Waals surface area contributed by atoms with Gasteiger partial charge in [-0.05, 0) is 41.8 Å². The molecule has 0 spiro atoms. The largest absolute Gasteiger partial charge is 0.348 e. The molecule has 0 bridgehead atoms. The Bertz CT molecular complexity index is 1270. The lowest BCUT2D eigenvalue weighted by molar-refractivity contribution is -0.123. The average molecular weight is 489 g/mol. The van der Waals surface area contributed by atoms with Crippen LogP contribution >= 0.6 is 0 Å². The molecule has 0 aliphatic carbocycles. The number of piperazine rings is 1. The van der Waals surface area contributed by atoms with Gasteiger partial charge in [0.1, 0.15) is 0 Å². The van der Waals surface area contributed by atoms with Crippen molar-refractivity contribution in [2.75, 3.05) is 32.7 Å². The molecule has 3 aromatic rings. The van der Waals surface area contributed by atoms with Gasteiger partial charge in [-0.1, -0.05) is 60.7 Å². The number of amides is 1. The summed E-state index contributed by atoms with van der Waals surface area (Å²) in [6, 6.07) is 27.8. The minimum absolute atomic E-state index is 0.0850. The van der Waals surface area contributed by atoms with E-state index in [4.69, 9.17) is 5.26 Å². The van der Waals surface area contributed by atoms with E-state index in [0.29, 0.717) is 38.2 Å². The van der Waals surface area contributed by atoms with E-state index in [1.54, 1.807) is 0 Å². The minimum Gasteiger partial charge on any atom is -0.348 e. The summed E-state index contributed by atoms with van der Waals surface area (Å²) in [4.78, 5) is 15.1. The van der Waals surface area contributed by atoms with Crippen LogP contribution in [-0.4, -0.2) is 56.3 Å². The van der Waals surface area contributed by atoms with Crippen molar-refractivity contribution in [1.29, 1.82) is 5.26 Å². The van der Waals surface area contributed by atoms with Crippen LogP contribution in [0.15, 0.2) is 89.8 Å². The number of nitrogens with one attached hydrogen (secondary N) is 1. The van der Waals surface area contributed by atoms with E-state index < -0.39 is 10.0 Å². The van der Waals surface area contributed by atoms with Crippen molar-refractivity contribution in [3.05, 3.63) is 102 Å². The van der Waals surface area contributed by atoms with Gasteiger partial charge in [0.05, 0.1) is 29.1 Å². The van der Waals surface area contributed by atoms with Crippen LogP contribution in [0.2, 0.25) is 0 Å². The molecule has 0 radical (unpaired) electrons. The van der Waals surface area contributed by atoms with Crippen molar-refractivity contribution in [2.24, 2.45) is 0 Å². The summed E-state index contributed by atoms with van der Waals surface area (Å²) < 4.78 is 27.3. The first-order valence-corrected chi connectivity index (χ1v) is 13.0. The Balaban J connectivity index is 1.34. The Hall–Kier alpha value is -3.51. The molecule has 8 heteroatoms. The fraction of sp³-hybridized carbons (Fsp3) is 0.259. The summed E-state index contributed by atoms with van der Waals surface area (Å²) in [5.74, 6) is -0.0850. The van der Waals surface area contributed by atoms with E-state index in [2.05, 4.69) is 17.4 Å². The molecule has 1 saturated heterocycles. The van der Waals surface area contributed by atoms with E-state index in [-0.39, 0.29) is 23.4 Å². The smallest absolute Gasteiger partial charge is 0.243 e. The molecule has 1 aliphatic rings. The Morgan fingerprint density at radius 2 is 1.49 bits per heavy atom. The van der Waals surface area contributed by atoms with Gasteiger partial charge in [-0.15, -0.1) is 0 Å². The van der Waals surface area contributed by atoms with Crippen LogP contribution in [0.4, 0.5) is 0 Å². The van der Waals surface area contributed by atoms with Gasteiger partial charge >= 0.3 is 0 Å². The van der Waals surface area contributed by atoms with E-state index in [1.165, 1.54) is 28.6 Å². The maximum absolute atomic E-state index is 12.9. The minimum atomic E-state index is -3.63. The molecule has 1 fully saturated rings. The number of hydrogen-bond donors (Lipinski definition) is 1. The van der Waals surface area contributed by atoms with Crippen LogP contribution in [0.5, 0.6) is 0 Å². The Labute approximate surface area is 206 Å². The maximum Gasteiger partial charge on any atom is 0.243 e. The SMILES string of the molecule is N#Cc1ccc(S(=O)(=O)N2CCN(CC(=O)N[C@H](Cc3ccccc3)c3ccccc3)CC2)cc1. The lowest BCUT2D eigenvalue weighted by Gasteiger charge is -2.33. The van der Waals surface area contributed by atoms with Gasteiger partial charge in [0.15, 0.2) is 0 Å². The highest BCUT2D eigenvalue weighted by Gasteiger charge is 2.29. The highest BCUT2D eigenvalue weighted by Crippen LogP contribution is 2.20. The monoisotopic (exact) mass is 488 g/mol. The van der Waals surface area contributed by atoms with Crippen molar-refractivity contribution in [1.82, 2.24) is 14.5 Å². The number of rotatable bonds is 8. The number of carbonyl (C=O) groups is 1. The third-order valence-electron chi connectivity index (χ3n) is 6.14. The normalized spacial score (nSPS) is 15.7. The third kappa shape index (κ3) is 6.34. The molecule has 1 aliphatic heterocycles. The molecule has 0 saturated carbocycles. The van der Waals surface area contributed by atoms with Crippen LogP contribution in [0.25, 0.3) is 0 Å². The van der Waals surface area contributed by atoms with Crippen molar-refractivity contribution in [3.8, 4) is 6.07 Å². The van der Waals surface area contributed by atoms with E-state index in [0.717, 1.165) is 11.1 Å². The molecule has 3 aromatic carbocycles. The Morgan fingerprint density at radius 3 is 2.09 bits per heavy atom. The summed E-state index contributed by atoms with van der Waals surface area (Å²) in [5, 5.41) is 12.1. The molecule has 1 N–H and O–H groups in total. The number of sulfonamides is 1. The molecule has 35 heavy (non-hydrogen) atoms. The second-order valence-electron chi connectivity index (χ2n) is 8.54. The Morgan fingerprint density at radius 1 is 0.886 bits per heavy atom. The van der Waals surface area contributed by atoms with Gasteiger partial charge in [-0.2, -0.15) is 9.57 Å². The quantitative estimate of drug-likeness (QED) is 0.526. The average Bonchev–Trinajstić information content (AvgIpc) is 2.90. The van der Waals surface area contributed by atoms with Gasteiger partial charge in [0.2, 0.25) is 15.9 Å². The molecule has 7 nitrogen and oxygen atoms in total. The summed E-state index contributed by atoms with van der Waals surface area (Å²) in [7, 11) is -3.63. The zero-order valence-corrected chi connectivity index (χ0v) is 20.2. The second-order valence-corrected chi connectivity index (χ2v) is 10.5. The number of nitriles is 1. The van der Waals surface area contributed by atoms with E-state index in [9.17, 15) is 13.2 Å². The molecule has 180 valence electrons. The predicted octanol–water partition coefficient (Wildman–Crippen LogP) is 2.96. The maximum atomic E-state index is 12.9. The standard InChI is InChI=1S/C27H28N4O3S/c28-20-23-11-13-25(14-12-23)35(33,34)31-17-15-30(16-18-31)21-27(32)29-26(24-9-5-2-6-10-24)19-22-7-3-1-4-8-22/h1-14,26H,15-19,21H2,(H,29,32)/t26-/m1/s1. The van der Waals surface area contributed by atoms with Gasteiger partial charge < -0.3 is 5.32 Å². The topological polar surface area (TPSA) is 93.5 Å². The van der Waals surface area contributed by atoms with E-state index >= 15 is 0 Å². The number of hydrogen-bond acceptors (Lipinski definition) is 5. The first-order valence-electron chi connectivity index (χ1n) is 11.6. The molecular formula is C27H28N4O3S. The third-order valence-corrected chi connectivity index (χ3v) is 8.05. The van der Waals surface area contributed by atoms with Gasteiger partial charge in [0.25, 0.3) is 0 Å². The van der Waals surface area contributed by atoms with Crippen LogP contribution in [0.3, 0.4) is 0 Å². The van der Waals surface area contributed by atoms with Crippen molar-refractivity contribution >= 4 is 15.9 Å². The van der Waals surface area contributed by atoms with Crippen molar-refractivity contribution in [3.63, 3.8) is 0 Å². The van der Waals surface area contributed by atoms with Gasteiger partial charge in [0, 0.05) is 26.2 Å². The molecule has 0 unspecified atom stereocenters. The van der Waals surface area contributed by atoms with Crippen LogP contribution < -0.4 is 5.32 Å². The summed E-state index contributed by atoms with van der Waals surface area (Å²) in [5.41, 5.74) is 2.60. The van der Waals surface area contributed by atoms with Gasteiger partial charge in [-0.3, -0.25) is 9.69 Å². The zero-order valence-electron chi connectivity index (χ0n) is 19.4. The van der Waals surface area contributed by atoms with Gasteiger partial charge in [-0.25, -0.2) is 8.42 Å². The summed E-state index contributed by atoms with van der Waals surface area (Å²) in [6.45, 7) is 1.77. The molecule has 0 aromatic heterocycles. The first kappa shape index (κ1) is 24.6. The first-order chi connectivity index (χ1) is 17.0. The highest BCUT2D eigenvalue weighted by atomic mass is 32.2. The highest BCUT2D eigenvalue weighted by molar-refractivity contribution is 7.89. The molecule has 1 atom stereocenters.